The third-order valence-corrected chi connectivity index (χ3v) is 17.0. The van der Waals surface area contributed by atoms with E-state index < -0.39 is 49.5 Å². The van der Waals surface area contributed by atoms with Gasteiger partial charge in [0, 0.05) is 12.8 Å². The molecule has 0 aromatic heterocycles. The minimum atomic E-state index is -1.57. The Bertz CT molecular complexity index is 1470. The van der Waals surface area contributed by atoms with Crippen molar-refractivity contribution in [3.05, 3.63) is 36.5 Å². The first-order chi connectivity index (χ1) is 40.7. The molecule has 0 spiro atoms. The summed E-state index contributed by atoms with van der Waals surface area (Å²) in [5.41, 5.74) is 0. The second-order valence-corrected chi connectivity index (χ2v) is 24.9. The molecule has 6 N–H and O–H groups in total. The predicted octanol–water partition coefficient (Wildman–Crippen LogP) is 18.2. The Hall–Kier alpha value is -2.12. The first kappa shape index (κ1) is 78.9. The quantitative estimate of drug-likeness (QED) is 0.0195. The van der Waals surface area contributed by atoms with E-state index in [9.17, 15) is 35.1 Å². The summed E-state index contributed by atoms with van der Waals surface area (Å²) in [6, 6.07) is -0.805. The van der Waals surface area contributed by atoms with Crippen molar-refractivity contribution in [3.63, 3.8) is 0 Å². The molecule has 83 heavy (non-hydrogen) atoms. The van der Waals surface area contributed by atoms with Gasteiger partial charge in [-0.25, -0.2) is 0 Å². The largest absolute Gasteiger partial charge is 0.466 e. The Labute approximate surface area is 511 Å². The van der Waals surface area contributed by atoms with E-state index in [1.165, 1.54) is 257 Å². The minimum absolute atomic E-state index is 0.000869. The van der Waals surface area contributed by atoms with Crippen molar-refractivity contribution in [2.45, 2.75) is 391 Å². The van der Waals surface area contributed by atoms with Crippen LogP contribution in [0.2, 0.25) is 0 Å². The molecule has 1 aliphatic rings. The van der Waals surface area contributed by atoms with Crippen LogP contribution in [-0.2, 0) is 23.8 Å². The maximum atomic E-state index is 13.0. The van der Waals surface area contributed by atoms with Crippen LogP contribution >= 0.6 is 0 Å². The molecular weight excluding hydrogens is 1040 g/mol. The summed E-state index contributed by atoms with van der Waals surface area (Å²) in [5, 5.41) is 54.3. The van der Waals surface area contributed by atoms with Crippen molar-refractivity contribution in [1.82, 2.24) is 5.32 Å². The molecule has 488 valence electrons. The molecular formula is C72H135NO10. The van der Waals surface area contributed by atoms with Gasteiger partial charge in [0.05, 0.1) is 32.0 Å². The standard InChI is InChI=1S/C72H135NO10/c1-3-5-7-9-11-13-14-36-40-44-48-52-56-60-68(77)81-61-57-53-49-45-41-38-35-33-31-29-27-25-23-21-19-17-15-16-18-20-22-24-26-28-30-32-34-37-39-43-47-51-55-59-67(76)73-64(65(75)58-54-50-46-42-12-10-8-6-4-2)63-82-72-71(80)70(79)69(78)66(62-74)83-72/h7,9,13-14,54,58,64-66,69-72,74-75,78-80H,3-6,8,10-12,15-53,55-57,59-63H2,1-2H3,(H,73,76)/b9-7-,14-13-,58-54+. The average molecular weight is 1170 g/mol. The SMILES string of the molecule is CCC/C=C\C/C=C\CCCCCCCC(=O)OCCCCCCCCCCCCCCCCCCCCCCCCCCCCCCCCCCCC(=O)NC(COC1OC(CO)C(O)C(O)C1O)C(O)/C=C/CCCCCCCCC. The normalized spacial score (nSPS) is 18.3. The topological polar surface area (TPSA) is 175 Å². The van der Waals surface area contributed by atoms with Gasteiger partial charge in [0.2, 0.25) is 5.91 Å². The summed E-state index contributed by atoms with van der Waals surface area (Å²) in [6.07, 6.45) is 68.8. The highest BCUT2D eigenvalue weighted by molar-refractivity contribution is 5.76. The lowest BCUT2D eigenvalue weighted by atomic mass is 9.99. The number of nitrogens with one attached hydrogen (secondary N) is 1. The van der Waals surface area contributed by atoms with Crippen LogP contribution in [-0.4, -0.2) is 100 Å². The monoisotopic (exact) mass is 1170 g/mol. The summed E-state index contributed by atoms with van der Waals surface area (Å²) in [6.45, 7) is 4.28. The molecule has 0 saturated carbocycles. The molecule has 1 fully saturated rings. The molecule has 1 rings (SSSR count). The summed E-state index contributed by atoms with van der Waals surface area (Å²) in [7, 11) is 0. The third-order valence-electron chi connectivity index (χ3n) is 17.0. The number of unbranched alkanes of at least 4 members (excludes halogenated alkanes) is 45. The number of carbonyl (C=O) groups excluding carboxylic acids is 2. The molecule has 1 aliphatic heterocycles. The van der Waals surface area contributed by atoms with E-state index in [1.54, 1.807) is 6.08 Å². The zero-order valence-electron chi connectivity index (χ0n) is 54.2. The van der Waals surface area contributed by atoms with Crippen molar-refractivity contribution < 1.29 is 49.3 Å². The fourth-order valence-electron chi connectivity index (χ4n) is 11.4. The zero-order chi connectivity index (χ0) is 60.2. The van der Waals surface area contributed by atoms with Crippen molar-refractivity contribution in [2.24, 2.45) is 0 Å². The van der Waals surface area contributed by atoms with E-state index in [0.29, 0.717) is 19.4 Å². The van der Waals surface area contributed by atoms with Crippen molar-refractivity contribution in [3.8, 4) is 0 Å². The molecule has 1 saturated heterocycles. The van der Waals surface area contributed by atoms with Gasteiger partial charge in [0.1, 0.15) is 24.4 Å². The van der Waals surface area contributed by atoms with Gasteiger partial charge in [0.25, 0.3) is 0 Å². The van der Waals surface area contributed by atoms with Gasteiger partial charge < -0.3 is 45.1 Å². The fraction of sp³-hybridized carbons (Fsp3) is 0.889. The van der Waals surface area contributed by atoms with E-state index in [-0.39, 0.29) is 18.5 Å². The van der Waals surface area contributed by atoms with E-state index in [1.807, 2.05) is 6.08 Å². The van der Waals surface area contributed by atoms with Crippen LogP contribution in [0.1, 0.15) is 348 Å². The number of rotatable bonds is 63. The van der Waals surface area contributed by atoms with Gasteiger partial charge in [0.15, 0.2) is 6.29 Å². The van der Waals surface area contributed by atoms with Crippen molar-refractivity contribution in [1.29, 1.82) is 0 Å². The lowest BCUT2D eigenvalue weighted by Crippen LogP contribution is -2.60. The Kier molecular flexibility index (Phi) is 58.5. The number of esters is 1. The number of hydrogen-bond acceptors (Lipinski definition) is 10. The van der Waals surface area contributed by atoms with Gasteiger partial charge in [-0.05, 0) is 57.8 Å². The lowest BCUT2D eigenvalue weighted by Gasteiger charge is -2.40. The predicted molar refractivity (Wildman–Crippen MR) is 347 cm³/mol. The Morgan fingerprint density at radius 3 is 1.27 bits per heavy atom. The summed E-state index contributed by atoms with van der Waals surface area (Å²) >= 11 is 0. The number of hydrogen-bond donors (Lipinski definition) is 6. The maximum absolute atomic E-state index is 13.0. The van der Waals surface area contributed by atoms with Gasteiger partial charge in [-0.2, -0.15) is 0 Å². The van der Waals surface area contributed by atoms with Gasteiger partial charge in [-0.15, -0.1) is 0 Å². The van der Waals surface area contributed by atoms with Crippen LogP contribution < -0.4 is 5.32 Å². The number of aliphatic hydroxyl groups is 5. The van der Waals surface area contributed by atoms with E-state index in [4.69, 9.17) is 14.2 Å². The van der Waals surface area contributed by atoms with E-state index >= 15 is 0 Å². The molecule has 0 aromatic rings. The van der Waals surface area contributed by atoms with Gasteiger partial charge in [-0.3, -0.25) is 9.59 Å². The van der Waals surface area contributed by atoms with Crippen LogP contribution in [0, 0.1) is 0 Å². The van der Waals surface area contributed by atoms with E-state index in [0.717, 1.165) is 64.2 Å². The van der Waals surface area contributed by atoms with Crippen LogP contribution in [0.3, 0.4) is 0 Å². The fourth-order valence-corrected chi connectivity index (χ4v) is 11.4. The molecule has 1 amide bonds. The maximum Gasteiger partial charge on any atom is 0.305 e. The Morgan fingerprint density at radius 2 is 0.831 bits per heavy atom. The van der Waals surface area contributed by atoms with Crippen molar-refractivity contribution >= 4 is 11.9 Å². The first-order valence-electron chi connectivity index (χ1n) is 35.8. The smallest absolute Gasteiger partial charge is 0.305 e. The van der Waals surface area contributed by atoms with E-state index in [2.05, 4.69) is 43.5 Å². The molecule has 0 aromatic carbocycles. The summed E-state index contributed by atoms with van der Waals surface area (Å²) in [4.78, 5) is 25.1. The van der Waals surface area contributed by atoms with Crippen LogP contribution in [0.15, 0.2) is 36.5 Å². The molecule has 11 nitrogen and oxygen atoms in total. The van der Waals surface area contributed by atoms with Gasteiger partial charge >= 0.3 is 5.97 Å². The van der Waals surface area contributed by atoms with Crippen molar-refractivity contribution in [2.75, 3.05) is 19.8 Å². The number of allylic oxidation sites excluding steroid dienone is 5. The lowest BCUT2D eigenvalue weighted by molar-refractivity contribution is -0.302. The molecule has 0 radical (unpaired) electrons. The summed E-state index contributed by atoms with van der Waals surface area (Å²) in [5.74, 6) is -0.179. The number of amides is 1. The minimum Gasteiger partial charge on any atom is -0.466 e. The number of ether oxygens (including phenoxy) is 3. The average Bonchev–Trinajstić information content (AvgIpc) is 3.54. The molecule has 0 bridgehead atoms. The second-order valence-electron chi connectivity index (χ2n) is 24.9. The second kappa shape index (κ2) is 61.5. The zero-order valence-corrected chi connectivity index (χ0v) is 54.2. The highest BCUT2D eigenvalue weighted by Crippen LogP contribution is 2.23. The highest BCUT2D eigenvalue weighted by Gasteiger charge is 2.44. The number of carbonyl (C=O) groups is 2. The highest BCUT2D eigenvalue weighted by atomic mass is 16.7. The van der Waals surface area contributed by atoms with Crippen LogP contribution in [0.5, 0.6) is 0 Å². The first-order valence-corrected chi connectivity index (χ1v) is 35.8. The molecule has 0 aliphatic carbocycles. The molecule has 11 heteroatoms. The Morgan fingerprint density at radius 1 is 0.446 bits per heavy atom. The van der Waals surface area contributed by atoms with Gasteiger partial charge in [-0.1, -0.05) is 314 Å². The molecule has 7 atom stereocenters. The van der Waals surface area contributed by atoms with Crippen LogP contribution in [0.4, 0.5) is 0 Å². The third kappa shape index (κ3) is 50.6. The van der Waals surface area contributed by atoms with Crippen LogP contribution in [0.25, 0.3) is 0 Å². The molecule has 1 heterocycles. The Balaban J connectivity index is 1.88. The molecule has 7 unspecified atom stereocenters. The summed E-state index contributed by atoms with van der Waals surface area (Å²) < 4.78 is 16.7. The number of aliphatic hydroxyl groups excluding tert-OH is 5.